The van der Waals surface area contributed by atoms with Gasteiger partial charge >= 0.3 is 0 Å². The predicted molar refractivity (Wildman–Crippen MR) is 73.9 cm³/mol. The van der Waals surface area contributed by atoms with Gasteiger partial charge < -0.3 is 14.8 Å². The maximum Gasteiger partial charge on any atom is 0.172 e. The van der Waals surface area contributed by atoms with Crippen LogP contribution in [0.2, 0.25) is 0 Å². The minimum Gasteiger partial charge on any atom is -0.354 e. The zero-order chi connectivity index (χ0) is 14.1. The summed E-state index contributed by atoms with van der Waals surface area (Å²) in [6.07, 6.45) is 4.18. The van der Waals surface area contributed by atoms with Gasteiger partial charge in [-0.05, 0) is 19.4 Å². The molecule has 0 aromatic carbocycles. The van der Waals surface area contributed by atoms with Crippen molar-refractivity contribution in [1.82, 2.24) is 20.1 Å². The molecule has 0 amide bonds. The van der Waals surface area contributed by atoms with Gasteiger partial charge in [0.2, 0.25) is 0 Å². The van der Waals surface area contributed by atoms with Gasteiger partial charge in [0.1, 0.15) is 12.2 Å². The number of methoxy groups -OCH3 is 2. The van der Waals surface area contributed by atoms with Crippen LogP contribution >= 0.6 is 0 Å². The van der Waals surface area contributed by atoms with Crippen LogP contribution in [0.15, 0.2) is 6.33 Å². The van der Waals surface area contributed by atoms with Gasteiger partial charge in [-0.2, -0.15) is 5.10 Å². The third-order valence-corrected chi connectivity index (χ3v) is 2.98. The van der Waals surface area contributed by atoms with Gasteiger partial charge in [-0.25, -0.2) is 4.98 Å². The molecule has 1 rings (SSSR count). The standard InChI is InChI=1S/C13H26N4O2/c1-5-7-14-11(13(18-3)19-4)9-12-15-10-16-17(12)8-6-2/h10-11,13-14H,5-9H2,1-4H3. The summed E-state index contributed by atoms with van der Waals surface area (Å²) >= 11 is 0. The number of rotatable bonds is 10. The van der Waals surface area contributed by atoms with E-state index >= 15 is 0 Å². The topological polar surface area (TPSA) is 61.2 Å². The SMILES string of the molecule is CCCNC(Cc1ncnn1CCC)C(OC)OC. The highest BCUT2D eigenvalue weighted by Gasteiger charge is 2.22. The van der Waals surface area contributed by atoms with Gasteiger partial charge in [0.15, 0.2) is 6.29 Å². The lowest BCUT2D eigenvalue weighted by Gasteiger charge is -2.25. The highest BCUT2D eigenvalue weighted by atomic mass is 16.7. The maximum absolute atomic E-state index is 5.37. The Morgan fingerprint density at radius 2 is 2.00 bits per heavy atom. The fourth-order valence-electron chi connectivity index (χ4n) is 2.06. The van der Waals surface area contributed by atoms with Crippen LogP contribution in [0.3, 0.4) is 0 Å². The molecule has 0 saturated carbocycles. The Morgan fingerprint density at radius 3 is 2.58 bits per heavy atom. The molecule has 1 aromatic heterocycles. The fraction of sp³-hybridized carbons (Fsp3) is 0.846. The van der Waals surface area contributed by atoms with Crippen molar-refractivity contribution < 1.29 is 9.47 Å². The lowest BCUT2D eigenvalue weighted by atomic mass is 10.1. The molecule has 110 valence electrons. The van der Waals surface area contributed by atoms with E-state index in [4.69, 9.17) is 9.47 Å². The molecule has 1 heterocycles. The highest BCUT2D eigenvalue weighted by Crippen LogP contribution is 2.08. The molecule has 0 aliphatic rings. The molecule has 1 N–H and O–H groups in total. The van der Waals surface area contributed by atoms with Crippen molar-refractivity contribution in [3.05, 3.63) is 12.2 Å². The third-order valence-electron chi connectivity index (χ3n) is 2.98. The van der Waals surface area contributed by atoms with Crippen LogP contribution in [0, 0.1) is 0 Å². The molecule has 1 atom stereocenters. The first kappa shape index (κ1) is 16.1. The molecule has 1 unspecified atom stereocenters. The Bertz CT molecular complexity index is 339. The molecule has 0 bridgehead atoms. The Labute approximate surface area is 115 Å². The predicted octanol–water partition coefficient (Wildman–Crippen LogP) is 1.22. The molecule has 6 heteroatoms. The number of nitrogens with zero attached hydrogens (tertiary/aromatic N) is 3. The van der Waals surface area contributed by atoms with Crippen molar-refractivity contribution in [3.8, 4) is 0 Å². The average Bonchev–Trinajstić information content (AvgIpc) is 2.85. The van der Waals surface area contributed by atoms with E-state index in [1.807, 2.05) is 4.68 Å². The molecule has 0 spiro atoms. The first-order chi connectivity index (χ1) is 9.26. The van der Waals surface area contributed by atoms with Crippen LogP contribution in [-0.2, 0) is 22.4 Å². The number of hydrogen-bond donors (Lipinski definition) is 1. The second kappa shape index (κ2) is 9.01. The third kappa shape index (κ3) is 4.89. The van der Waals surface area contributed by atoms with E-state index < -0.39 is 0 Å². The molecule has 6 nitrogen and oxygen atoms in total. The second-order valence-corrected chi connectivity index (χ2v) is 4.50. The molecule has 1 aromatic rings. The van der Waals surface area contributed by atoms with Gasteiger partial charge in [-0.3, -0.25) is 4.68 Å². The summed E-state index contributed by atoms with van der Waals surface area (Å²) in [5.41, 5.74) is 0. The van der Waals surface area contributed by atoms with Crippen molar-refractivity contribution in [2.45, 2.75) is 52.0 Å². The minimum absolute atomic E-state index is 0.0785. The van der Waals surface area contributed by atoms with Crippen molar-refractivity contribution in [2.75, 3.05) is 20.8 Å². The molecule has 0 aliphatic carbocycles. The normalized spacial score (nSPS) is 13.1. The average molecular weight is 270 g/mol. The summed E-state index contributed by atoms with van der Waals surface area (Å²) in [5, 5.41) is 7.69. The molecule has 0 aliphatic heterocycles. The molecular weight excluding hydrogens is 244 g/mol. The summed E-state index contributed by atoms with van der Waals surface area (Å²) in [5.74, 6) is 0.967. The Hall–Kier alpha value is -0.980. The van der Waals surface area contributed by atoms with E-state index in [1.165, 1.54) is 0 Å². The monoisotopic (exact) mass is 270 g/mol. The molecule has 0 fully saturated rings. The van der Waals surface area contributed by atoms with Crippen molar-refractivity contribution in [1.29, 1.82) is 0 Å². The smallest absolute Gasteiger partial charge is 0.172 e. The van der Waals surface area contributed by atoms with Crippen LogP contribution in [0.25, 0.3) is 0 Å². The van der Waals surface area contributed by atoms with E-state index in [-0.39, 0.29) is 12.3 Å². The fourth-order valence-corrected chi connectivity index (χ4v) is 2.06. The van der Waals surface area contributed by atoms with Gasteiger partial charge in [-0.1, -0.05) is 13.8 Å². The first-order valence-corrected chi connectivity index (χ1v) is 6.92. The van der Waals surface area contributed by atoms with Crippen molar-refractivity contribution >= 4 is 0 Å². The minimum atomic E-state index is -0.279. The zero-order valence-electron chi connectivity index (χ0n) is 12.4. The second-order valence-electron chi connectivity index (χ2n) is 4.50. The van der Waals surface area contributed by atoms with Crippen LogP contribution < -0.4 is 5.32 Å². The van der Waals surface area contributed by atoms with E-state index in [1.54, 1.807) is 20.5 Å². The van der Waals surface area contributed by atoms with Crippen molar-refractivity contribution in [2.24, 2.45) is 0 Å². The van der Waals surface area contributed by atoms with E-state index in [0.717, 1.165) is 38.2 Å². The van der Waals surface area contributed by atoms with E-state index in [0.29, 0.717) is 0 Å². The van der Waals surface area contributed by atoms with Crippen LogP contribution in [0.4, 0.5) is 0 Å². The lowest BCUT2D eigenvalue weighted by molar-refractivity contribution is -0.123. The summed E-state index contributed by atoms with van der Waals surface area (Å²) in [6.45, 7) is 6.08. The molecule has 0 radical (unpaired) electrons. The number of aromatic nitrogens is 3. The molecular formula is C13H26N4O2. The lowest BCUT2D eigenvalue weighted by Crippen LogP contribution is -2.44. The summed E-state index contributed by atoms with van der Waals surface area (Å²) < 4.78 is 12.7. The zero-order valence-corrected chi connectivity index (χ0v) is 12.4. The van der Waals surface area contributed by atoms with E-state index in [2.05, 4.69) is 29.2 Å². The quantitative estimate of drug-likeness (QED) is 0.648. The van der Waals surface area contributed by atoms with Crippen LogP contribution in [0.5, 0.6) is 0 Å². The summed E-state index contributed by atoms with van der Waals surface area (Å²) in [7, 11) is 3.32. The van der Waals surface area contributed by atoms with Gasteiger partial charge in [0.05, 0.1) is 6.04 Å². The van der Waals surface area contributed by atoms with Gasteiger partial charge in [-0.15, -0.1) is 0 Å². The maximum atomic E-state index is 5.37. The van der Waals surface area contributed by atoms with Crippen LogP contribution in [-0.4, -0.2) is 47.9 Å². The Balaban J connectivity index is 2.71. The number of ether oxygens (including phenoxy) is 2. The number of aryl methyl sites for hydroxylation is 1. The number of hydrogen-bond acceptors (Lipinski definition) is 5. The van der Waals surface area contributed by atoms with Crippen molar-refractivity contribution in [3.63, 3.8) is 0 Å². The summed E-state index contributed by atoms with van der Waals surface area (Å²) in [6, 6.07) is 0.0785. The number of nitrogens with one attached hydrogen (secondary N) is 1. The first-order valence-electron chi connectivity index (χ1n) is 6.92. The largest absolute Gasteiger partial charge is 0.354 e. The van der Waals surface area contributed by atoms with E-state index in [9.17, 15) is 0 Å². The molecule has 19 heavy (non-hydrogen) atoms. The highest BCUT2D eigenvalue weighted by molar-refractivity contribution is 4.91. The Kier molecular flexibility index (Phi) is 7.62. The van der Waals surface area contributed by atoms with Gasteiger partial charge in [0, 0.05) is 27.2 Å². The molecule has 0 saturated heterocycles. The van der Waals surface area contributed by atoms with Crippen LogP contribution in [0.1, 0.15) is 32.5 Å². The Morgan fingerprint density at radius 1 is 1.26 bits per heavy atom. The summed E-state index contributed by atoms with van der Waals surface area (Å²) in [4.78, 5) is 4.33. The van der Waals surface area contributed by atoms with Gasteiger partial charge in [0.25, 0.3) is 0 Å².